The van der Waals surface area contributed by atoms with Gasteiger partial charge in [0.05, 0.1) is 12.7 Å². The number of ether oxygens (including phenoxy) is 1. The van der Waals surface area contributed by atoms with Crippen LogP contribution in [0.25, 0.3) is 0 Å². The molecule has 1 rings (SSSR count). The van der Waals surface area contributed by atoms with E-state index in [1.54, 1.807) is 0 Å². The lowest BCUT2D eigenvalue weighted by molar-refractivity contribution is 0.108. The Morgan fingerprint density at radius 1 is 1.27 bits per heavy atom. The average Bonchev–Trinajstić information content (AvgIpc) is 2.07. The molecule has 1 fully saturated rings. The predicted molar refractivity (Wildman–Crippen MR) is 43.0 cm³/mol. The van der Waals surface area contributed by atoms with Gasteiger partial charge in [0, 0.05) is 0 Å². The molecule has 2 nitrogen and oxygen atoms in total. The Bertz CT molecular complexity index is 133. The van der Waals surface area contributed by atoms with Gasteiger partial charge in [0.15, 0.2) is 0 Å². The summed E-state index contributed by atoms with van der Waals surface area (Å²) in [5.41, 5.74) is 0. The molecule has 0 unspecified atom stereocenters. The van der Waals surface area contributed by atoms with E-state index >= 15 is 0 Å². The molecule has 62 valence electrons. The first kappa shape index (κ1) is 8.55. The molecule has 11 heavy (non-hydrogen) atoms. The van der Waals surface area contributed by atoms with Crippen LogP contribution in [0.4, 0.5) is 0 Å². The van der Waals surface area contributed by atoms with Crippen LogP contribution in [-0.2, 0) is 4.74 Å². The molecule has 1 saturated carbocycles. The zero-order valence-corrected chi connectivity index (χ0v) is 6.88. The quantitative estimate of drug-likeness (QED) is 0.582. The van der Waals surface area contributed by atoms with E-state index in [9.17, 15) is 0 Å². The highest BCUT2D eigenvalue weighted by Gasteiger charge is 2.12. The van der Waals surface area contributed by atoms with Crippen LogP contribution < -0.4 is 0 Å². The summed E-state index contributed by atoms with van der Waals surface area (Å²) in [6.07, 6.45) is 6.67. The largest absolute Gasteiger partial charge is 0.366 e. The Hall–Kier alpha value is -0.550. The SMILES string of the molecule is N#CCOCC1CCCCC1. The standard InChI is InChI=1S/C9H15NO/c10-6-7-11-8-9-4-2-1-3-5-9/h9H,1-5,7-8H2. The highest BCUT2D eigenvalue weighted by molar-refractivity contribution is 4.69. The summed E-state index contributed by atoms with van der Waals surface area (Å²) in [4.78, 5) is 0. The van der Waals surface area contributed by atoms with Gasteiger partial charge in [-0.3, -0.25) is 0 Å². The molecule has 0 heterocycles. The molecular formula is C9H15NO. The molecule has 0 bridgehead atoms. The van der Waals surface area contributed by atoms with E-state index in [1.807, 2.05) is 6.07 Å². The van der Waals surface area contributed by atoms with Crippen molar-refractivity contribution in [2.75, 3.05) is 13.2 Å². The third kappa shape index (κ3) is 3.38. The molecule has 0 aliphatic heterocycles. The van der Waals surface area contributed by atoms with Gasteiger partial charge in [-0.2, -0.15) is 5.26 Å². The van der Waals surface area contributed by atoms with Crippen molar-refractivity contribution in [2.45, 2.75) is 32.1 Å². The van der Waals surface area contributed by atoms with Crippen LogP contribution in [0.1, 0.15) is 32.1 Å². The first-order valence-corrected chi connectivity index (χ1v) is 4.38. The predicted octanol–water partition coefficient (Wildman–Crippen LogP) is 2.11. The maximum absolute atomic E-state index is 8.22. The summed E-state index contributed by atoms with van der Waals surface area (Å²) >= 11 is 0. The minimum atomic E-state index is 0.260. The van der Waals surface area contributed by atoms with E-state index in [4.69, 9.17) is 10.00 Å². The smallest absolute Gasteiger partial charge is 0.133 e. The summed E-state index contributed by atoms with van der Waals surface area (Å²) in [5, 5.41) is 8.22. The second kappa shape index (κ2) is 5.15. The summed E-state index contributed by atoms with van der Waals surface area (Å²) < 4.78 is 5.16. The fourth-order valence-electron chi connectivity index (χ4n) is 1.63. The van der Waals surface area contributed by atoms with Crippen molar-refractivity contribution < 1.29 is 4.74 Å². The highest BCUT2D eigenvalue weighted by Crippen LogP contribution is 2.23. The van der Waals surface area contributed by atoms with Gasteiger partial charge in [-0.1, -0.05) is 19.3 Å². The average molecular weight is 153 g/mol. The third-order valence-corrected chi connectivity index (χ3v) is 2.24. The normalized spacial score (nSPS) is 19.5. The molecule has 0 spiro atoms. The van der Waals surface area contributed by atoms with Crippen LogP contribution >= 0.6 is 0 Å². The maximum Gasteiger partial charge on any atom is 0.133 e. The van der Waals surface area contributed by atoms with Gasteiger partial charge in [-0.25, -0.2) is 0 Å². The fraction of sp³-hybridized carbons (Fsp3) is 0.889. The van der Waals surface area contributed by atoms with Crippen molar-refractivity contribution in [3.8, 4) is 6.07 Å². The minimum Gasteiger partial charge on any atom is -0.366 e. The fourth-order valence-corrected chi connectivity index (χ4v) is 1.63. The lowest BCUT2D eigenvalue weighted by Crippen LogP contribution is -2.13. The first-order chi connectivity index (χ1) is 5.43. The summed E-state index contributed by atoms with van der Waals surface area (Å²) in [6, 6.07) is 1.99. The molecule has 2 heteroatoms. The van der Waals surface area contributed by atoms with E-state index in [0.29, 0.717) is 0 Å². The summed E-state index contributed by atoms with van der Waals surface area (Å²) in [7, 11) is 0. The topological polar surface area (TPSA) is 33.0 Å². The lowest BCUT2D eigenvalue weighted by atomic mass is 9.90. The van der Waals surface area contributed by atoms with Crippen molar-refractivity contribution in [1.82, 2.24) is 0 Å². The van der Waals surface area contributed by atoms with Crippen molar-refractivity contribution in [3.63, 3.8) is 0 Å². The molecular weight excluding hydrogens is 138 g/mol. The van der Waals surface area contributed by atoms with Gasteiger partial charge < -0.3 is 4.74 Å². The minimum absolute atomic E-state index is 0.260. The van der Waals surface area contributed by atoms with Crippen LogP contribution in [0.2, 0.25) is 0 Å². The molecule has 1 aliphatic rings. The lowest BCUT2D eigenvalue weighted by Gasteiger charge is -2.20. The molecule has 0 radical (unpaired) electrons. The zero-order chi connectivity index (χ0) is 7.94. The summed E-state index contributed by atoms with van der Waals surface area (Å²) in [5.74, 6) is 0.733. The van der Waals surface area contributed by atoms with Gasteiger partial charge in [0.1, 0.15) is 6.61 Å². The van der Waals surface area contributed by atoms with Gasteiger partial charge in [-0.15, -0.1) is 0 Å². The molecule has 0 amide bonds. The van der Waals surface area contributed by atoms with Crippen molar-refractivity contribution in [3.05, 3.63) is 0 Å². The van der Waals surface area contributed by atoms with Crippen molar-refractivity contribution >= 4 is 0 Å². The molecule has 0 N–H and O–H groups in total. The molecule has 0 aromatic rings. The second-order valence-corrected chi connectivity index (χ2v) is 3.18. The Morgan fingerprint density at radius 2 is 2.00 bits per heavy atom. The summed E-state index contributed by atoms with van der Waals surface area (Å²) in [6.45, 7) is 1.06. The highest BCUT2D eigenvalue weighted by atomic mass is 16.5. The van der Waals surface area contributed by atoms with Crippen LogP contribution in [0.15, 0.2) is 0 Å². The number of rotatable bonds is 3. The van der Waals surface area contributed by atoms with E-state index < -0.39 is 0 Å². The van der Waals surface area contributed by atoms with Crippen LogP contribution in [-0.4, -0.2) is 13.2 Å². The van der Waals surface area contributed by atoms with Crippen LogP contribution in [0, 0.1) is 17.2 Å². The van der Waals surface area contributed by atoms with Crippen LogP contribution in [0.3, 0.4) is 0 Å². The molecule has 0 aromatic heterocycles. The Kier molecular flexibility index (Phi) is 4.00. The Balaban J connectivity index is 2.01. The number of nitrogens with zero attached hydrogens (tertiary/aromatic N) is 1. The number of hydrogen-bond acceptors (Lipinski definition) is 2. The molecule has 0 atom stereocenters. The third-order valence-electron chi connectivity index (χ3n) is 2.24. The Morgan fingerprint density at radius 3 is 2.64 bits per heavy atom. The second-order valence-electron chi connectivity index (χ2n) is 3.18. The Labute approximate surface area is 68.2 Å². The maximum atomic E-state index is 8.22. The molecule has 0 aromatic carbocycles. The molecule has 0 saturated heterocycles. The van der Waals surface area contributed by atoms with Crippen molar-refractivity contribution in [1.29, 1.82) is 5.26 Å². The van der Waals surface area contributed by atoms with Gasteiger partial charge >= 0.3 is 0 Å². The van der Waals surface area contributed by atoms with E-state index in [1.165, 1.54) is 32.1 Å². The van der Waals surface area contributed by atoms with E-state index in [2.05, 4.69) is 0 Å². The van der Waals surface area contributed by atoms with Gasteiger partial charge in [0.25, 0.3) is 0 Å². The zero-order valence-electron chi connectivity index (χ0n) is 6.88. The van der Waals surface area contributed by atoms with Crippen LogP contribution in [0.5, 0.6) is 0 Å². The van der Waals surface area contributed by atoms with E-state index in [0.717, 1.165) is 12.5 Å². The van der Waals surface area contributed by atoms with Gasteiger partial charge in [0.2, 0.25) is 0 Å². The number of hydrogen-bond donors (Lipinski definition) is 0. The monoisotopic (exact) mass is 153 g/mol. The van der Waals surface area contributed by atoms with Gasteiger partial charge in [-0.05, 0) is 18.8 Å². The van der Waals surface area contributed by atoms with E-state index in [-0.39, 0.29) is 6.61 Å². The van der Waals surface area contributed by atoms with Crippen molar-refractivity contribution in [2.24, 2.45) is 5.92 Å². The number of nitriles is 1. The molecule has 1 aliphatic carbocycles. The first-order valence-electron chi connectivity index (χ1n) is 4.38.